The Balaban J connectivity index is 1.56. The van der Waals surface area contributed by atoms with Crippen molar-refractivity contribution < 1.29 is 14.0 Å². The first-order valence-electron chi connectivity index (χ1n) is 9.19. The van der Waals surface area contributed by atoms with Gasteiger partial charge in [0.15, 0.2) is 0 Å². The van der Waals surface area contributed by atoms with Crippen molar-refractivity contribution in [3.63, 3.8) is 0 Å². The lowest BCUT2D eigenvalue weighted by atomic mass is 9.94. The van der Waals surface area contributed by atoms with Crippen LogP contribution in [0.25, 0.3) is 0 Å². The molecule has 1 unspecified atom stereocenters. The summed E-state index contributed by atoms with van der Waals surface area (Å²) >= 11 is 0. The van der Waals surface area contributed by atoms with E-state index in [1.165, 1.54) is 12.1 Å². The predicted molar refractivity (Wildman–Crippen MR) is 100 cm³/mol. The summed E-state index contributed by atoms with van der Waals surface area (Å²) in [7, 11) is 0. The number of halogens is 1. The number of rotatable bonds is 4. The Bertz CT molecular complexity index is 840. The number of hydrogen-bond acceptors (Lipinski definition) is 3. The summed E-state index contributed by atoms with van der Waals surface area (Å²) in [6.07, 6.45) is 0.487. The maximum Gasteiger partial charge on any atom is 0.237 e. The van der Waals surface area contributed by atoms with E-state index >= 15 is 0 Å². The van der Waals surface area contributed by atoms with Crippen molar-refractivity contribution in [2.24, 2.45) is 5.92 Å². The Morgan fingerprint density at radius 3 is 2.59 bits per heavy atom. The fourth-order valence-electron chi connectivity index (χ4n) is 4.29. The van der Waals surface area contributed by atoms with Gasteiger partial charge in [-0.25, -0.2) is 4.39 Å². The van der Waals surface area contributed by atoms with Gasteiger partial charge in [-0.2, -0.15) is 0 Å². The summed E-state index contributed by atoms with van der Waals surface area (Å²) in [4.78, 5) is 27.6. The fourth-order valence-corrected chi connectivity index (χ4v) is 4.29. The van der Waals surface area contributed by atoms with Crippen LogP contribution in [-0.4, -0.2) is 34.8 Å². The number of piperazine rings is 1. The van der Waals surface area contributed by atoms with Crippen LogP contribution < -0.4 is 10.6 Å². The van der Waals surface area contributed by atoms with Crippen molar-refractivity contribution >= 4 is 17.5 Å². The second kappa shape index (κ2) is 7.12. The third-order valence-corrected chi connectivity index (χ3v) is 5.51. The van der Waals surface area contributed by atoms with Crippen LogP contribution in [0.2, 0.25) is 0 Å². The smallest absolute Gasteiger partial charge is 0.237 e. The summed E-state index contributed by atoms with van der Waals surface area (Å²) in [6.45, 7) is 2.58. The average Bonchev–Trinajstić information content (AvgIpc) is 2.97. The highest BCUT2D eigenvalue weighted by Crippen LogP contribution is 2.37. The van der Waals surface area contributed by atoms with Crippen molar-refractivity contribution in [2.45, 2.75) is 38.0 Å². The Hall–Kier alpha value is -2.73. The van der Waals surface area contributed by atoms with E-state index in [1.807, 2.05) is 37.3 Å². The molecule has 27 heavy (non-hydrogen) atoms. The summed E-state index contributed by atoms with van der Waals surface area (Å²) in [6, 6.07) is 15.2. The topological polar surface area (TPSA) is 61.4 Å². The van der Waals surface area contributed by atoms with Crippen molar-refractivity contribution in [3.05, 3.63) is 66.0 Å². The first kappa shape index (κ1) is 17.7. The van der Waals surface area contributed by atoms with Gasteiger partial charge in [-0.15, -0.1) is 0 Å². The number of nitrogens with zero attached hydrogens (tertiary/aromatic N) is 1. The minimum atomic E-state index is -0.345. The quantitative estimate of drug-likeness (QED) is 0.873. The molecule has 5 nitrogen and oxygen atoms in total. The zero-order valence-corrected chi connectivity index (χ0v) is 15.1. The molecule has 2 N–H and O–H groups in total. The third-order valence-electron chi connectivity index (χ3n) is 5.51. The lowest BCUT2D eigenvalue weighted by Crippen LogP contribution is -2.60. The molecule has 0 spiro atoms. The molecule has 2 amide bonds. The van der Waals surface area contributed by atoms with Gasteiger partial charge in [-0.1, -0.05) is 30.3 Å². The molecule has 6 heteroatoms. The van der Waals surface area contributed by atoms with Crippen molar-refractivity contribution in [2.75, 3.05) is 5.32 Å². The molecule has 0 aliphatic carbocycles. The summed E-state index contributed by atoms with van der Waals surface area (Å²) < 4.78 is 13.1. The molecule has 4 rings (SSSR count). The largest absolute Gasteiger partial charge is 0.351 e. The summed E-state index contributed by atoms with van der Waals surface area (Å²) in [5, 5.41) is 5.88. The van der Waals surface area contributed by atoms with Crippen LogP contribution in [0, 0.1) is 11.7 Å². The van der Waals surface area contributed by atoms with Gasteiger partial charge in [0.25, 0.3) is 0 Å². The molecule has 2 fully saturated rings. The molecule has 140 valence electrons. The molecule has 2 heterocycles. The lowest BCUT2D eigenvalue weighted by Gasteiger charge is -2.39. The van der Waals surface area contributed by atoms with Crippen molar-refractivity contribution in [3.8, 4) is 0 Å². The summed E-state index contributed by atoms with van der Waals surface area (Å²) in [5.41, 5.74) is 1.68. The number of carbonyl (C=O) groups excluding carboxylic acids is 2. The number of amides is 2. The highest BCUT2D eigenvalue weighted by molar-refractivity contribution is 5.95. The van der Waals surface area contributed by atoms with Gasteiger partial charge >= 0.3 is 0 Å². The predicted octanol–water partition coefficient (Wildman–Crippen LogP) is 2.54. The molecule has 2 aromatic rings. The van der Waals surface area contributed by atoms with E-state index in [2.05, 4.69) is 15.5 Å². The first-order chi connectivity index (χ1) is 13.0. The van der Waals surface area contributed by atoms with Crippen LogP contribution in [0.4, 0.5) is 10.1 Å². The van der Waals surface area contributed by atoms with Crippen LogP contribution in [0.15, 0.2) is 54.6 Å². The zero-order chi connectivity index (χ0) is 19.0. The van der Waals surface area contributed by atoms with Crippen LogP contribution >= 0.6 is 0 Å². The first-order valence-corrected chi connectivity index (χ1v) is 9.19. The van der Waals surface area contributed by atoms with E-state index in [0.29, 0.717) is 18.7 Å². The van der Waals surface area contributed by atoms with E-state index < -0.39 is 0 Å². The van der Waals surface area contributed by atoms with Gasteiger partial charge in [-0.3, -0.25) is 14.5 Å². The van der Waals surface area contributed by atoms with Crippen molar-refractivity contribution in [1.82, 2.24) is 10.2 Å². The molecule has 0 aromatic heterocycles. The SMILES string of the molecule is CC1NC(=O)[C@H]2C[C@H](C(=O)Nc3ccc(F)cc3)[C@@H]1N2Cc1ccccc1. The number of benzene rings is 2. The van der Waals surface area contributed by atoms with E-state index in [-0.39, 0.29) is 41.7 Å². The van der Waals surface area contributed by atoms with Crippen molar-refractivity contribution in [1.29, 1.82) is 0 Å². The maximum atomic E-state index is 13.1. The van der Waals surface area contributed by atoms with Crippen LogP contribution in [0.5, 0.6) is 0 Å². The van der Waals surface area contributed by atoms with Gasteiger partial charge in [-0.05, 0) is 43.2 Å². The lowest BCUT2D eigenvalue weighted by molar-refractivity contribution is -0.131. The number of fused-ring (bicyclic) bond motifs is 2. The number of anilines is 1. The summed E-state index contributed by atoms with van der Waals surface area (Å²) in [5.74, 6) is -0.804. The Labute approximate surface area is 157 Å². The Morgan fingerprint density at radius 2 is 1.89 bits per heavy atom. The highest BCUT2D eigenvalue weighted by atomic mass is 19.1. The molecule has 2 aromatic carbocycles. The zero-order valence-electron chi connectivity index (χ0n) is 15.1. The minimum absolute atomic E-state index is 0.0215. The van der Waals surface area contributed by atoms with Crippen LogP contribution in [0.1, 0.15) is 18.9 Å². The molecule has 2 saturated heterocycles. The van der Waals surface area contributed by atoms with Gasteiger partial charge in [0.05, 0.1) is 12.0 Å². The van der Waals surface area contributed by atoms with E-state index in [1.54, 1.807) is 12.1 Å². The Kier molecular flexibility index (Phi) is 4.66. The molecule has 2 bridgehead atoms. The second-order valence-corrected chi connectivity index (χ2v) is 7.30. The second-order valence-electron chi connectivity index (χ2n) is 7.30. The number of carbonyl (C=O) groups is 2. The molecule has 2 aliphatic rings. The standard InChI is InChI=1S/C21H22FN3O2/c1-13-19-17(20(26)24-16-9-7-15(22)8-10-16)11-18(21(27)23-13)25(19)12-14-5-3-2-4-6-14/h2-10,13,17-19H,11-12H2,1H3,(H,23,27)(H,24,26)/t13?,17-,18+,19+/m0/s1. The number of hydrogen-bond donors (Lipinski definition) is 2. The minimum Gasteiger partial charge on any atom is -0.351 e. The normalized spacial score (nSPS) is 27.3. The molecule has 4 atom stereocenters. The van der Waals surface area contributed by atoms with Gasteiger partial charge in [0.2, 0.25) is 11.8 Å². The molecule has 0 radical (unpaired) electrons. The van der Waals surface area contributed by atoms with Gasteiger partial charge < -0.3 is 10.6 Å². The van der Waals surface area contributed by atoms with Crippen LogP contribution in [0.3, 0.4) is 0 Å². The number of nitrogens with one attached hydrogen (secondary N) is 2. The molecular formula is C21H22FN3O2. The highest BCUT2D eigenvalue weighted by Gasteiger charge is 2.53. The Morgan fingerprint density at radius 1 is 1.19 bits per heavy atom. The van der Waals surface area contributed by atoms with E-state index in [0.717, 1.165) is 5.56 Å². The molecule has 0 saturated carbocycles. The fraction of sp³-hybridized carbons (Fsp3) is 0.333. The molecule has 2 aliphatic heterocycles. The average molecular weight is 367 g/mol. The van der Waals surface area contributed by atoms with Crippen LogP contribution in [-0.2, 0) is 16.1 Å². The monoisotopic (exact) mass is 367 g/mol. The van der Waals surface area contributed by atoms with Gasteiger partial charge in [0.1, 0.15) is 5.82 Å². The maximum absolute atomic E-state index is 13.1. The third kappa shape index (κ3) is 3.45. The van der Waals surface area contributed by atoms with Gasteiger partial charge in [0, 0.05) is 24.3 Å². The van der Waals surface area contributed by atoms with E-state index in [9.17, 15) is 14.0 Å². The molecular weight excluding hydrogens is 345 g/mol. The van der Waals surface area contributed by atoms with E-state index in [4.69, 9.17) is 0 Å².